The van der Waals surface area contributed by atoms with Crippen LogP contribution in [0, 0.1) is 0 Å². The highest BCUT2D eigenvalue weighted by Crippen LogP contribution is 2.51. The summed E-state index contributed by atoms with van der Waals surface area (Å²) < 4.78 is 29.0. The molecule has 0 amide bonds. The van der Waals surface area contributed by atoms with E-state index in [-0.39, 0.29) is 19.8 Å². The fourth-order valence-electron chi connectivity index (χ4n) is 1.91. The second kappa shape index (κ2) is 10.2. The van der Waals surface area contributed by atoms with Gasteiger partial charge in [-0.3, -0.25) is 13.6 Å². The molecule has 0 unspecified atom stereocenters. The van der Waals surface area contributed by atoms with Crippen LogP contribution < -0.4 is 0 Å². The van der Waals surface area contributed by atoms with Crippen molar-refractivity contribution in [3.63, 3.8) is 0 Å². The molecule has 0 atom stereocenters. The smallest absolute Gasteiger partial charge is 0.303 e. The maximum Gasteiger partial charge on any atom is 0.475 e. The van der Waals surface area contributed by atoms with Crippen LogP contribution in [0.3, 0.4) is 0 Å². The van der Waals surface area contributed by atoms with Crippen molar-refractivity contribution < 1.29 is 22.9 Å². The van der Waals surface area contributed by atoms with E-state index >= 15 is 0 Å². The molecule has 2 aromatic carbocycles. The van der Waals surface area contributed by atoms with Crippen molar-refractivity contribution in [3.8, 4) is 0 Å². The van der Waals surface area contributed by atoms with Crippen molar-refractivity contribution in [2.45, 2.75) is 26.1 Å². The Labute approximate surface area is 142 Å². The van der Waals surface area contributed by atoms with E-state index in [4.69, 9.17) is 13.6 Å². The lowest BCUT2D eigenvalue weighted by atomic mass is 10.2. The molecule has 0 aliphatic rings. The summed E-state index contributed by atoms with van der Waals surface area (Å²) >= 11 is 0. The van der Waals surface area contributed by atoms with E-state index in [0.717, 1.165) is 17.4 Å². The summed E-state index contributed by atoms with van der Waals surface area (Å²) in [7, 11) is -3.71. The van der Waals surface area contributed by atoms with Crippen LogP contribution in [-0.2, 0) is 36.1 Å². The van der Waals surface area contributed by atoms with Crippen molar-refractivity contribution in [2.24, 2.45) is 0 Å². The van der Waals surface area contributed by atoms with Gasteiger partial charge in [-0.05, 0) is 17.5 Å². The van der Waals surface area contributed by atoms with Crippen LogP contribution in [-0.4, -0.2) is 12.9 Å². The zero-order valence-electron chi connectivity index (χ0n) is 13.4. The minimum Gasteiger partial charge on any atom is -0.303 e. The normalized spacial score (nSPS) is 11.3. The highest BCUT2D eigenvalue weighted by molar-refractivity contribution is 7.48. The van der Waals surface area contributed by atoms with E-state index < -0.39 is 7.82 Å². The van der Waals surface area contributed by atoms with Gasteiger partial charge in [0.15, 0.2) is 0 Å². The fourth-order valence-corrected chi connectivity index (χ4v) is 3.10. The first kappa shape index (κ1) is 18.6. The summed E-state index contributed by atoms with van der Waals surface area (Å²) in [4.78, 5) is 10.4. The van der Waals surface area contributed by atoms with Crippen LogP contribution in [0.2, 0.25) is 0 Å². The minimum absolute atomic E-state index is 0.126. The molecular weight excluding hydrogens is 327 g/mol. The molecule has 0 spiro atoms. The van der Waals surface area contributed by atoms with Crippen LogP contribution >= 0.6 is 7.82 Å². The second-order valence-corrected chi connectivity index (χ2v) is 6.78. The van der Waals surface area contributed by atoms with Crippen molar-refractivity contribution in [1.82, 2.24) is 0 Å². The standard InChI is InChI=1S/C18H21O5P/c19-13-7-8-14-21-24(20,22-15-17-9-3-1-4-10-17)23-16-18-11-5-2-6-12-18/h1-6,9-13H,7-8,14-16H2. The SMILES string of the molecule is O=CCCCOP(=O)(OCc1ccccc1)OCc1ccccc1. The molecule has 0 fully saturated rings. The van der Waals surface area contributed by atoms with Gasteiger partial charge in [0.05, 0.1) is 19.8 Å². The summed E-state index contributed by atoms with van der Waals surface area (Å²) in [6, 6.07) is 18.8. The maximum absolute atomic E-state index is 12.8. The van der Waals surface area contributed by atoms with Crippen molar-refractivity contribution in [1.29, 1.82) is 0 Å². The lowest BCUT2D eigenvalue weighted by Crippen LogP contribution is -2.03. The Morgan fingerprint density at radius 1 is 0.792 bits per heavy atom. The van der Waals surface area contributed by atoms with Gasteiger partial charge in [0.25, 0.3) is 0 Å². The molecule has 0 aromatic heterocycles. The number of phosphoric acid groups is 1. The number of benzene rings is 2. The molecule has 24 heavy (non-hydrogen) atoms. The number of hydrogen-bond donors (Lipinski definition) is 0. The molecule has 0 saturated heterocycles. The second-order valence-electron chi connectivity index (χ2n) is 5.11. The Kier molecular flexibility index (Phi) is 7.86. The monoisotopic (exact) mass is 348 g/mol. The van der Waals surface area contributed by atoms with Gasteiger partial charge in [0.2, 0.25) is 0 Å². The maximum atomic E-state index is 12.8. The third-order valence-electron chi connectivity index (χ3n) is 3.18. The van der Waals surface area contributed by atoms with Crippen molar-refractivity contribution in [2.75, 3.05) is 6.61 Å². The molecule has 0 aliphatic carbocycles. The Morgan fingerprint density at radius 2 is 1.29 bits per heavy atom. The minimum atomic E-state index is -3.71. The largest absolute Gasteiger partial charge is 0.475 e. The van der Waals surface area contributed by atoms with Crippen LogP contribution in [0.15, 0.2) is 60.7 Å². The van der Waals surface area contributed by atoms with E-state index in [0.29, 0.717) is 12.8 Å². The number of rotatable bonds is 11. The first-order chi connectivity index (χ1) is 11.7. The van der Waals surface area contributed by atoms with E-state index in [1.165, 1.54) is 0 Å². The zero-order chi connectivity index (χ0) is 17.1. The first-order valence-corrected chi connectivity index (χ1v) is 9.23. The molecule has 0 heterocycles. The first-order valence-electron chi connectivity index (χ1n) is 7.77. The predicted octanol–water partition coefficient (Wildman–Crippen LogP) is 4.52. The van der Waals surface area contributed by atoms with Crippen LogP contribution in [0.5, 0.6) is 0 Å². The molecule has 0 saturated carbocycles. The predicted molar refractivity (Wildman–Crippen MR) is 91.3 cm³/mol. The summed E-state index contributed by atoms with van der Waals surface area (Å²) in [5, 5.41) is 0. The van der Waals surface area contributed by atoms with Crippen molar-refractivity contribution in [3.05, 3.63) is 71.8 Å². The summed E-state index contributed by atoms with van der Waals surface area (Å²) in [6.45, 7) is 0.390. The molecule has 0 aliphatic heterocycles. The van der Waals surface area contributed by atoms with Gasteiger partial charge in [0, 0.05) is 6.42 Å². The number of aldehydes is 1. The third-order valence-corrected chi connectivity index (χ3v) is 4.57. The van der Waals surface area contributed by atoms with Crippen molar-refractivity contribution >= 4 is 14.1 Å². The lowest BCUT2D eigenvalue weighted by molar-refractivity contribution is -0.108. The molecular formula is C18H21O5P. The number of carbonyl (C=O) groups is 1. The number of phosphoric ester groups is 1. The van der Waals surface area contributed by atoms with Gasteiger partial charge >= 0.3 is 7.82 Å². The van der Waals surface area contributed by atoms with Crippen LogP contribution in [0.25, 0.3) is 0 Å². The Bertz CT molecular complexity index is 597. The molecule has 6 heteroatoms. The molecule has 128 valence electrons. The average molecular weight is 348 g/mol. The summed E-state index contributed by atoms with van der Waals surface area (Å²) in [5.74, 6) is 0. The summed E-state index contributed by atoms with van der Waals surface area (Å²) in [6.07, 6.45) is 1.61. The van der Waals surface area contributed by atoms with Gasteiger partial charge in [-0.15, -0.1) is 0 Å². The number of hydrogen-bond acceptors (Lipinski definition) is 5. The van der Waals surface area contributed by atoms with E-state index in [9.17, 15) is 9.36 Å². The molecule has 2 aromatic rings. The van der Waals surface area contributed by atoms with E-state index in [1.54, 1.807) is 0 Å². The molecule has 5 nitrogen and oxygen atoms in total. The highest BCUT2D eigenvalue weighted by Gasteiger charge is 2.26. The topological polar surface area (TPSA) is 61.8 Å². The van der Waals surface area contributed by atoms with Gasteiger partial charge < -0.3 is 4.79 Å². The molecule has 2 rings (SSSR count). The molecule has 0 N–H and O–H groups in total. The van der Waals surface area contributed by atoms with Crippen LogP contribution in [0.4, 0.5) is 0 Å². The van der Waals surface area contributed by atoms with E-state index in [1.807, 2.05) is 60.7 Å². The molecule has 0 bridgehead atoms. The third kappa shape index (κ3) is 6.77. The van der Waals surface area contributed by atoms with E-state index in [2.05, 4.69) is 0 Å². The fraction of sp³-hybridized carbons (Fsp3) is 0.278. The van der Waals surface area contributed by atoms with Gasteiger partial charge in [-0.2, -0.15) is 0 Å². The quantitative estimate of drug-likeness (QED) is 0.339. The zero-order valence-corrected chi connectivity index (χ0v) is 14.3. The summed E-state index contributed by atoms with van der Waals surface area (Å²) in [5.41, 5.74) is 1.75. The average Bonchev–Trinajstić information content (AvgIpc) is 2.64. The Morgan fingerprint density at radius 3 is 1.75 bits per heavy atom. The van der Waals surface area contributed by atoms with Gasteiger partial charge in [-0.25, -0.2) is 4.57 Å². The molecule has 0 radical (unpaired) electrons. The van der Waals surface area contributed by atoms with Crippen LogP contribution in [0.1, 0.15) is 24.0 Å². The van der Waals surface area contributed by atoms with Gasteiger partial charge in [0.1, 0.15) is 6.29 Å². The Hall–Kier alpha value is -1.78. The van der Waals surface area contributed by atoms with Gasteiger partial charge in [-0.1, -0.05) is 60.7 Å². The highest BCUT2D eigenvalue weighted by atomic mass is 31.2. The lowest BCUT2D eigenvalue weighted by Gasteiger charge is -2.18. The number of unbranched alkanes of at least 4 members (excludes halogenated alkanes) is 1. The number of carbonyl (C=O) groups excluding carboxylic acids is 1. The Balaban J connectivity index is 1.94.